The van der Waals surface area contributed by atoms with E-state index in [1.54, 1.807) is 0 Å². The average Bonchev–Trinajstić information content (AvgIpc) is 2.46. The molecule has 2 N–H and O–H groups in total. The van der Waals surface area contributed by atoms with Crippen molar-refractivity contribution in [1.82, 2.24) is 4.90 Å². The fourth-order valence-electron chi connectivity index (χ4n) is 3.01. The van der Waals surface area contributed by atoms with E-state index in [2.05, 4.69) is 18.7 Å². The number of carbonyl (C=O) groups excluding carboxylic acids is 1. The molecule has 1 saturated heterocycles. The predicted octanol–water partition coefficient (Wildman–Crippen LogP) is 3.61. The van der Waals surface area contributed by atoms with Crippen LogP contribution in [-0.2, 0) is 6.54 Å². The average molecular weight is 311 g/mol. The first-order valence-corrected chi connectivity index (χ1v) is 7.71. The van der Waals surface area contributed by atoms with Crippen LogP contribution in [0, 0.1) is 5.92 Å². The normalized spacial score (nSPS) is 18.5. The molecule has 1 aliphatic heterocycles. The SMILES string of the molecule is CC(C)CC1CCCCN1C(=O)c1ccc(CN)cc1.Cl. The van der Waals surface area contributed by atoms with Crippen LogP contribution in [0.15, 0.2) is 24.3 Å². The van der Waals surface area contributed by atoms with Crippen LogP contribution in [0.2, 0.25) is 0 Å². The third-order valence-corrected chi connectivity index (χ3v) is 4.07. The summed E-state index contributed by atoms with van der Waals surface area (Å²) < 4.78 is 0. The molecule has 1 atom stereocenters. The number of halogens is 1. The fourth-order valence-corrected chi connectivity index (χ4v) is 3.01. The summed E-state index contributed by atoms with van der Waals surface area (Å²) in [6.07, 6.45) is 4.62. The van der Waals surface area contributed by atoms with Crippen molar-refractivity contribution in [1.29, 1.82) is 0 Å². The minimum atomic E-state index is 0. The van der Waals surface area contributed by atoms with Crippen molar-refractivity contribution >= 4 is 18.3 Å². The molecular formula is C17H27ClN2O. The van der Waals surface area contributed by atoms with Gasteiger partial charge in [-0.05, 0) is 49.3 Å². The summed E-state index contributed by atoms with van der Waals surface area (Å²) in [5.41, 5.74) is 7.46. The number of hydrogen-bond donors (Lipinski definition) is 1. The highest BCUT2D eigenvalue weighted by Crippen LogP contribution is 2.24. The number of benzene rings is 1. The van der Waals surface area contributed by atoms with Gasteiger partial charge in [-0.3, -0.25) is 4.79 Å². The highest BCUT2D eigenvalue weighted by atomic mass is 35.5. The van der Waals surface area contributed by atoms with Gasteiger partial charge in [0.2, 0.25) is 0 Å². The second-order valence-electron chi connectivity index (χ2n) is 6.18. The molecule has 1 aromatic rings. The number of hydrogen-bond acceptors (Lipinski definition) is 2. The lowest BCUT2D eigenvalue weighted by Gasteiger charge is -2.37. The number of nitrogens with zero attached hydrogens (tertiary/aromatic N) is 1. The van der Waals surface area contributed by atoms with Crippen LogP contribution >= 0.6 is 12.4 Å². The highest BCUT2D eigenvalue weighted by Gasteiger charge is 2.27. The van der Waals surface area contributed by atoms with Crippen molar-refractivity contribution < 1.29 is 4.79 Å². The number of amides is 1. The molecule has 0 bridgehead atoms. The van der Waals surface area contributed by atoms with Crippen LogP contribution in [-0.4, -0.2) is 23.4 Å². The first kappa shape index (κ1) is 18.0. The molecule has 21 heavy (non-hydrogen) atoms. The lowest BCUT2D eigenvalue weighted by atomic mass is 9.93. The van der Waals surface area contributed by atoms with E-state index in [0.717, 1.165) is 36.9 Å². The third-order valence-electron chi connectivity index (χ3n) is 4.07. The summed E-state index contributed by atoms with van der Waals surface area (Å²) in [7, 11) is 0. The van der Waals surface area contributed by atoms with Gasteiger partial charge in [-0.15, -0.1) is 12.4 Å². The molecule has 0 saturated carbocycles. The van der Waals surface area contributed by atoms with E-state index in [-0.39, 0.29) is 18.3 Å². The summed E-state index contributed by atoms with van der Waals surface area (Å²) in [6.45, 7) is 5.88. The molecule has 1 fully saturated rings. The Morgan fingerprint density at radius 3 is 2.52 bits per heavy atom. The second-order valence-corrected chi connectivity index (χ2v) is 6.18. The Morgan fingerprint density at radius 2 is 1.95 bits per heavy atom. The van der Waals surface area contributed by atoms with Crippen molar-refractivity contribution in [3.05, 3.63) is 35.4 Å². The van der Waals surface area contributed by atoms with Gasteiger partial charge in [0, 0.05) is 24.7 Å². The Morgan fingerprint density at radius 1 is 1.29 bits per heavy atom. The van der Waals surface area contributed by atoms with Crippen LogP contribution < -0.4 is 5.73 Å². The van der Waals surface area contributed by atoms with E-state index >= 15 is 0 Å². The van der Waals surface area contributed by atoms with E-state index in [9.17, 15) is 4.79 Å². The molecule has 1 unspecified atom stereocenters. The molecule has 118 valence electrons. The molecule has 1 aliphatic rings. The van der Waals surface area contributed by atoms with Crippen molar-refractivity contribution in [2.24, 2.45) is 11.7 Å². The molecule has 1 heterocycles. The number of nitrogens with two attached hydrogens (primary N) is 1. The zero-order valence-corrected chi connectivity index (χ0v) is 13.9. The van der Waals surface area contributed by atoms with E-state index in [4.69, 9.17) is 5.73 Å². The standard InChI is InChI=1S/C17H26N2O.ClH/c1-13(2)11-16-5-3-4-10-19(16)17(20)15-8-6-14(12-18)7-9-15;/h6-9,13,16H,3-5,10-12,18H2,1-2H3;1H. The Balaban J connectivity index is 0.00000220. The third kappa shape index (κ3) is 4.72. The van der Waals surface area contributed by atoms with Gasteiger partial charge in [-0.25, -0.2) is 0 Å². The van der Waals surface area contributed by atoms with Crippen molar-refractivity contribution in [3.8, 4) is 0 Å². The number of likely N-dealkylation sites (tertiary alicyclic amines) is 1. The van der Waals surface area contributed by atoms with E-state index < -0.39 is 0 Å². The van der Waals surface area contributed by atoms with Gasteiger partial charge in [0.25, 0.3) is 5.91 Å². The Labute approximate surface area is 134 Å². The molecule has 0 aliphatic carbocycles. The van der Waals surface area contributed by atoms with E-state index in [1.807, 2.05) is 24.3 Å². The van der Waals surface area contributed by atoms with Crippen LogP contribution in [0.1, 0.15) is 55.5 Å². The zero-order chi connectivity index (χ0) is 14.5. The molecular weight excluding hydrogens is 284 g/mol. The zero-order valence-electron chi connectivity index (χ0n) is 13.0. The molecule has 4 heteroatoms. The summed E-state index contributed by atoms with van der Waals surface area (Å²) >= 11 is 0. The largest absolute Gasteiger partial charge is 0.336 e. The highest BCUT2D eigenvalue weighted by molar-refractivity contribution is 5.94. The fraction of sp³-hybridized carbons (Fsp3) is 0.588. The lowest BCUT2D eigenvalue weighted by molar-refractivity contribution is 0.0584. The maximum absolute atomic E-state index is 12.7. The number of rotatable bonds is 4. The lowest BCUT2D eigenvalue weighted by Crippen LogP contribution is -2.44. The summed E-state index contributed by atoms with van der Waals surface area (Å²) in [6, 6.07) is 8.13. The van der Waals surface area contributed by atoms with Gasteiger partial charge in [-0.1, -0.05) is 26.0 Å². The molecule has 1 aromatic carbocycles. The Hall–Kier alpha value is -1.06. The number of carbonyl (C=O) groups is 1. The summed E-state index contributed by atoms with van der Waals surface area (Å²) in [5.74, 6) is 0.812. The van der Waals surface area contributed by atoms with Crippen molar-refractivity contribution in [2.45, 2.75) is 52.1 Å². The van der Waals surface area contributed by atoms with Crippen LogP contribution in [0.3, 0.4) is 0 Å². The van der Waals surface area contributed by atoms with Gasteiger partial charge in [0.1, 0.15) is 0 Å². The van der Waals surface area contributed by atoms with Crippen molar-refractivity contribution in [3.63, 3.8) is 0 Å². The maximum atomic E-state index is 12.7. The molecule has 3 nitrogen and oxygen atoms in total. The van der Waals surface area contributed by atoms with Crippen LogP contribution in [0.25, 0.3) is 0 Å². The van der Waals surface area contributed by atoms with Gasteiger partial charge < -0.3 is 10.6 Å². The minimum Gasteiger partial charge on any atom is -0.336 e. The first-order chi connectivity index (χ1) is 9.61. The molecule has 0 radical (unpaired) electrons. The Kier molecular flexibility index (Phi) is 7.20. The monoisotopic (exact) mass is 310 g/mol. The van der Waals surface area contributed by atoms with E-state index in [0.29, 0.717) is 18.5 Å². The minimum absolute atomic E-state index is 0. The molecule has 0 spiro atoms. The Bertz CT molecular complexity index is 445. The van der Waals surface area contributed by atoms with Crippen LogP contribution in [0.5, 0.6) is 0 Å². The van der Waals surface area contributed by atoms with Gasteiger partial charge in [0.05, 0.1) is 0 Å². The topological polar surface area (TPSA) is 46.3 Å². The predicted molar refractivity (Wildman–Crippen MR) is 89.7 cm³/mol. The quantitative estimate of drug-likeness (QED) is 0.923. The van der Waals surface area contributed by atoms with Crippen molar-refractivity contribution in [2.75, 3.05) is 6.54 Å². The van der Waals surface area contributed by atoms with Gasteiger partial charge in [0.15, 0.2) is 0 Å². The smallest absolute Gasteiger partial charge is 0.254 e. The van der Waals surface area contributed by atoms with Gasteiger partial charge >= 0.3 is 0 Å². The summed E-state index contributed by atoms with van der Waals surface area (Å²) in [5, 5.41) is 0. The molecule has 2 rings (SSSR count). The maximum Gasteiger partial charge on any atom is 0.254 e. The number of piperidine rings is 1. The summed E-state index contributed by atoms with van der Waals surface area (Å²) in [4.78, 5) is 14.8. The second kappa shape index (κ2) is 8.40. The first-order valence-electron chi connectivity index (χ1n) is 7.71. The van der Waals surface area contributed by atoms with Gasteiger partial charge in [-0.2, -0.15) is 0 Å². The molecule has 1 amide bonds. The van der Waals surface area contributed by atoms with Crippen LogP contribution in [0.4, 0.5) is 0 Å². The molecule has 0 aromatic heterocycles. The van der Waals surface area contributed by atoms with E-state index in [1.165, 1.54) is 6.42 Å².